The van der Waals surface area contributed by atoms with Gasteiger partial charge in [-0.25, -0.2) is 0 Å². The van der Waals surface area contributed by atoms with E-state index in [1.54, 1.807) is 0 Å². The van der Waals surface area contributed by atoms with Crippen molar-refractivity contribution in [2.24, 2.45) is 10.3 Å². The van der Waals surface area contributed by atoms with Crippen molar-refractivity contribution < 1.29 is 0 Å². The Morgan fingerprint density at radius 3 is 2.71 bits per heavy atom. The lowest BCUT2D eigenvalue weighted by Gasteiger charge is -2.34. The van der Waals surface area contributed by atoms with Gasteiger partial charge in [-0.15, -0.1) is 0 Å². The van der Waals surface area contributed by atoms with E-state index in [1.807, 2.05) is 0 Å². The van der Waals surface area contributed by atoms with Crippen LogP contribution >= 0.6 is 0 Å². The van der Waals surface area contributed by atoms with E-state index in [4.69, 9.17) is 0 Å². The van der Waals surface area contributed by atoms with Gasteiger partial charge < -0.3 is 0 Å². The summed E-state index contributed by atoms with van der Waals surface area (Å²) in [6.45, 7) is 8.58. The van der Waals surface area contributed by atoms with Crippen LogP contribution in [0.15, 0.2) is 34.1 Å². The molecule has 0 aromatic heterocycles. The van der Waals surface area contributed by atoms with Gasteiger partial charge in [-0.05, 0) is 27.7 Å². The largest absolute Gasteiger partial charge is 0.264 e. The van der Waals surface area contributed by atoms with Gasteiger partial charge in [0, 0.05) is 0 Å². The fourth-order valence-corrected chi connectivity index (χ4v) is 1.87. The topological polar surface area (TPSA) is 28.0 Å². The predicted octanol–water partition coefficient (Wildman–Crippen LogP) is 2.72. The van der Waals surface area contributed by atoms with Crippen molar-refractivity contribution in [1.29, 1.82) is 0 Å². The minimum atomic E-state index is 0.0480. The number of hydrogen-bond donors (Lipinski definition) is 0. The second kappa shape index (κ2) is 2.94. The summed E-state index contributed by atoms with van der Waals surface area (Å²) < 4.78 is 0. The second-order valence-electron chi connectivity index (χ2n) is 4.97. The molecular formula is C11H17N3. The molecule has 0 spiro atoms. The van der Waals surface area contributed by atoms with Gasteiger partial charge in [-0.3, -0.25) is 5.01 Å². The summed E-state index contributed by atoms with van der Waals surface area (Å²) in [6.07, 6.45) is 6.53. The van der Waals surface area contributed by atoms with E-state index in [0.29, 0.717) is 6.04 Å². The molecule has 3 heteroatoms. The van der Waals surface area contributed by atoms with Gasteiger partial charge in [0.1, 0.15) is 6.04 Å². The van der Waals surface area contributed by atoms with Crippen LogP contribution in [0.2, 0.25) is 0 Å². The predicted molar refractivity (Wildman–Crippen MR) is 56.9 cm³/mol. The molecule has 0 saturated carbocycles. The molecule has 76 valence electrons. The molecular weight excluding hydrogens is 174 g/mol. The molecule has 2 aliphatic rings. The second-order valence-corrected chi connectivity index (χ2v) is 4.97. The first-order valence-corrected chi connectivity index (χ1v) is 5.05. The quantitative estimate of drug-likeness (QED) is 0.578. The Labute approximate surface area is 85.2 Å². The summed E-state index contributed by atoms with van der Waals surface area (Å²) in [4.78, 5) is 0. The third-order valence-corrected chi connectivity index (χ3v) is 2.59. The molecule has 1 heterocycles. The molecule has 0 N–H and O–H groups in total. The van der Waals surface area contributed by atoms with E-state index in [1.165, 1.54) is 5.57 Å². The van der Waals surface area contributed by atoms with Crippen LogP contribution in [0.5, 0.6) is 0 Å². The maximum absolute atomic E-state index is 4.28. The highest BCUT2D eigenvalue weighted by atomic mass is 15.6. The van der Waals surface area contributed by atoms with Crippen molar-refractivity contribution >= 4 is 0 Å². The molecule has 2 rings (SSSR count). The van der Waals surface area contributed by atoms with Crippen molar-refractivity contribution in [3.8, 4) is 0 Å². The Kier molecular flexibility index (Phi) is 1.98. The van der Waals surface area contributed by atoms with Crippen LogP contribution in [-0.4, -0.2) is 22.6 Å². The van der Waals surface area contributed by atoms with Gasteiger partial charge in [0.15, 0.2) is 0 Å². The number of nitrogens with zero attached hydrogens (tertiary/aromatic N) is 3. The Balaban J connectivity index is 2.23. The third-order valence-electron chi connectivity index (χ3n) is 2.59. The Bertz CT molecular complexity index is 320. The summed E-state index contributed by atoms with van der Waals surface area (Å²) in [7, 11) is 0. The first-order chi connectivity index (χ1) is 6.48. The van der Waals surface area contributed by atoms with Gasteiger partial charge in [-0.2, -0.15) is 5.11 Å². The summed E-state index contributed by atoms with van der Waals surface area (Å²) in [5, 5.41) is 10.6. The molecule has 0 saturated heterocycles. The summed E-state index contributed by atoms with van der Waals surface area (Å²) in [6, 6.07) is 0.540. The molecule has 0 bridgehead atoms. The van der Waals surface area contributed by atoms with Crippen molar-refractivity contribution in [3.05, 3.63) is 23.8 Å². The number of allylic oxidation sites excluding steroid dienone is 2. The van der Waals surface area contributed by atoms with Crippen LogP contribution in [0, 0.1) is 0 Å². The standard InChI is InChI=1S/C11H17N3/c1-8-5-6-10-9(7-8)12-13-14(10)11(2,3)4/h5-7,9-10H,1-4H3. The van der Waals surface area contributed by atoms with Crippen LogP contribution in [0.1, 0.15) is 27.7 Å². The zero-order chi connectivity index (χ0) is 10.3. The fraction of sp³-hybridized carbons (Fsp3) is 0.636. The molecule has 3 nitrogen and oxygen atoms in total. The maximum Gasteiger partial charge on any atom is 0.117 e. The first-order valence-electron chi connectivity index (χ1n) is 5.05. The minimum absolute atomic E-state index is 0.0480. The van der Waals surface area contributed by atoms with Crippen molar-refractivity contribution in [1.82, 2.24) is 5.01 Å². The Hall–Kier alpha value is -1.12. The van der Waals surface area contributed by atoms with Gasteiger partial charge in [0.2, 0.25) is 0 Å². The summed E-state index contributed by atoms with van der Waals surface area (Å²) in [5.74, 6) is 0. The molecule has 2 atom stereocenters. The highest BCUT2D eigenvalue weighted by Gasteiger charge is 2.36. The monoisotopic (exact) mass is 191 g/mol. The number of hydrogen-bond acceptors (Lipinski definition) is 3. The van der Waals surface area contributed by atoms with Crippen molar-refractivity contribution in [2.45, 2.75) is 45.3 Å². The molecule has 1 aliphatic heterocycles. The molecule has 0 fully saturated rings. The lowest BCUT2D eigenvalue weighted by atomic mass is 9.96. The van der Waals surface area contributed by atoms with E-state index >= 15 is 0 Å². The average molecular weight is 191 g/mol. The lowest BCUT2D eigenvalue weighted by Crippen LogP contribution is -2.44. The van der Waals surface area contributed by atoms with Crippen molar-refractivity contribution in [3.63, 3.8) is 0 Å². The maximum atomic E-state index is 4.28. The number of rotatable bonds is 0. The Morgan fingerprint density at radius 1 is 1.36 bits per heavy atom. The zero-order valence-electron chi connectivity index (χ0n) is 9.23. The van der Waals surface area contributed by atoms with Crippen LogP contribution < -0.4 is 0 Å². The normalized spacial score (nSPS) is 30.6. The van der Waals surface area contributed by atoms with E-state index < -0.39 is 0 Å². The molecule has 0 aromatic rings. The van der Waals surface area contributed by atoms with Gasteiger partial charge in [0.25, 0.3) is 0 Å². The first kappa shape index (κ1) is 9.44. The molecule has 2 unspecified atom stereocenters. The van der Waals surface area contributed by atoms with Gasteiger partial charge in [0.05, 0.1) is 11.6 Å². The fourth-order valence-electron chi connectivity index (χ4n) is 1.87. The van der Waals surface area contributed by atoms with Crippen molar-refractivity contribution in [2.75, 3.05) is 0 Å². The Morgan fingerprint density at radius 2 is 2.07 bits per heavy atom. The molecule has 0 aromatic carbocycles. The highest BCUT2D eigenvalue weighted by molar-refractivity contribution is 5.29. The van der Waals surface area contributed by atoms with Gasteiger partial charge >= 0.3 is 0 Å². The number of fused-ring (bicyclic) bond motifs is 1. The average Bonchev–Trinajstić information content (AvgIpc) is 2.45. The third kappa shape index (κ3) is 1.47. The molecule has 1 aliphatic carbocycles. The molecule has 14 heavy (non-hydrogen) atoms. The summed E-state index contributed by atoms with van der Waals surface area (Å²) >= 11 is 0. The molecule has 0 amide bonds. The van der Waals surface area contributed by atoms with E-state index in [-0.39, 0.29) is 11.6 Å². The van der Waals surface area contributed by atoms with Gasteiger partial charge in [-0.1, -0.05) is 29.0 Å². The molecule has 0 radical (unpaired) electrons. The van der Waals surface area contributed by atoms with E-state index in [2.05, 4.69) is 61.3 Å². The lowest BCUT2D eigenvalue weighted by molar-refractivity contribution is 0.124. The minimum Gasteiger partial charge on any atom is -0.264 e. The SMILES string of the molecule is CC1=CC2N=NN(C(C)(C)C)C2C=C1. The highest BCUT2D eigenvalue weighted by Crippen LogP contribution is 2.30. The van der Waals surface area contributed by atoms with E-state index in [9.17, 15) is 0 Å². The van der Waals surface area contributed by atoms with Crippen LogP contribution in [-0.2, 0) is 0 Å². The van der Waals surface area contributed by atoms with Crippen LogP contribution in [0.25, 0.3) is 0 Å². The summed E-state index contributed by atoms with van der Waals surface area (Å²) in [5.41, 5.74) is 1.33. The van der Waals surface area contributed by atoms with Crippen LogP contribution in [0.4, 0.5) is 0 Å². The smallest absolute Gasteiger partial charge is 0.117 e. The van der Waals surface area contributed by atoms with Crippen LogP contribution in [0.3, 0.4) is 0 Å². The zero-order valence-corrected chi connectivity index (χ0v) is 9.23. The van der Waals surface area contributed by atoms with E-state index in [0.717, 1.165) is 0 Å².